The summed E-state index contributed by atoms with van der Waals surface area (Å²) in [4.78, 5) is 71.0. The second-order valence-electron chi connectivity index (χ2n) is 20.4. The van der Waals surface area contributed by atoms with Crippen molar-refractivity contribution >= 4 is 47.0 Å². The van der Waals surface area contributed by atoms with Crippen LogP contribution in [0.5, 0.6) is 11.5 Å². The number of thioether (sulfide) groups is 1. The van der Waals surface area contributed by atoms with Crippen LogP contribution >= 0.6 is 11.8 Å². The van der Waals surface area contributed by atoms with Gasteiger partial charge in [0, 0.05) is 86.5 Å². The molecule has 6 rings (SSSR count). The number of carbonyl (C=O) groups is 5. The Labute approximate surface area is 466 Å². The van der Waals surface area contributed by atoms with Crippen LogP contribution in [0.3, 0.4) is 0 Å². The number of aliphatic hydroxyl groups excluding tert-OH is 2. The van der Waals surface area contributed by atoms with Crippen LogP contribution in [0.2, 0.25) is 0 Å². The maximum absolute atomic E-state index is 13.9. The fourth-order valence-corrected chi connectivity index (χ4v) is 11.6. The average molecular weight is 1110 g/mol. The summed E-state index contributed by atoms with van der Waals surface area (Å²) >= 11 is 1.46. The number of benzene rings is 1. The number of ether oxygens (including phenoxy) is 7. The van der Waals surface area contributed by atoms with Gasteiger partial charge in [-0.2, -0.15) is 0 Å². The zero-order valence-corrected chi connectivity index (χ0v) is 50.8. The number of hydrogen-bond acceptors (Lipinski definition) is 17. The molecule has 5 heterocycles. The summed E-state index contributed by atoms with van der Waals surface area (Å²) in [5.74, 6) is -0.369. The Morgan fingerprint density at radius 2 is 1.49 bits per heavy atom. The number of hydrogen-bond donors (Lipinski definition) is 3. The van der Waals surface area contributed by atoms with E-state index in [1.54, 1.807) is 58.0 Å². The van der Waals surface area contributed by atoms with Crippen molar-refractivity contribution in [1.82, 2.24) is 9.88 Å². The molecule has 0 radical (unpaired) electrons. The number of pyridine rings is 1. The van der Waals surface area contributed by atoms with E-state index in [1.165, 1.54) is 11.8 Å². The Hall–Kier alpha value is -4.33. The first-order valence-corrected chi connectivity index (χ1v) is 28.9. The largest absolute Gasteiger partial charge is 0.493 e. The van der Waals surface area contributed by atoms with Gasteiger partial charge < -0.3 is 53.6 Å². The second kappa shape index (κ2) is 36.8. The van der Waals surface area contributed by atoms with E-state index in [-0.39, 0.29) is 59.2 Å². The van der Waals surface area contributed by atoms with Crippen molar-refractivity contribution in [2.75, 3.05) is 53.6 Å². The van der Waals surface area contributed by atoms with E-state index in [0.717, 1.165) is 45.6 Å². The highest BCUT2D eigenvalue weighted by atomic mass is 32.2. The van der Waals surface area contributed by atoms with E-state index in [0.29, 0.717) is 78.1 Å². The minimum atomic E-state index is -0.709. The molecule has 13 atom stereocenters. The van der Waals surface area contributed by atoms with Gasteiger partial charge in [0.1, 0.15) is 29.3 Å². The standard InChI is InChI=1S/C38H52N2O8S.C8H15NO2.C8H16O3.2C2H6.CH4O/c1-8-29-34-31(25(5)32(41)24(4)21-22(2)11-9-12-23(3)37(43)47-29)35(38(44)48-34)49-20-10-13-27-28(14-15-30(45-6)33(27)46-7)36(42)40-26-16-18-39-19-17-26;1-6-4-7(9(2)3)5-8(10)11-6;1-6-4-8(2,10-3)5-7(9)11-6;3*1-2/h14-19,22-25,29,31,34-35H,8-13,20-21H2,1-7H3,(H,39,40,42);6-7H,4-5H2,1-3H3;6-7,9H,4-5H2,1-3H3;2*1-2H3;2H,1H3/t22?,23?,24?,25?,29-,31?,34?,35?;;;;;/m1...../s1. The predicted molar refractivity (Wildman–Crippen MR) is 304 cm³/mol. The van der Waals surface area contributed by atoms with E-state index in [9.17, 15) is 29.1 Å². The summed E-state index contributed by atoms with van der Waals surface area (Å²) in [5, 5.41) is 18.6. The van der Waals surface area contributed by atoms with E-state index in [2.05, 4.69) is 22.1 Å². The van der Waals surface area contributed by atoms with Crippen LogP contribution in [0, 0.1) is 29.6 Å². The Balaban J connectivity index is 0.000000859. The first-order chi connectivity index (χ1) is 36.6. The fraction of sp³-hybridized carbons (Fsp3) is 0.729. The highest BCUT2D eigenvalue weighted by molar-refractivity contribution is 8.00. The van der Waals surface area contributed by atoms with Crippen LogP contribution in [-0.4, -0.2) is 146 Å². The first kappa shape index (κ1) is 70.7. The highest BCUT2D eigenvalue weighted by Gasteiger charge is 2.53. The monoisotopic (exact) mass is 1110 g/mol. The number of fused-ring (bicyclic) bond motifs is 1. The number of esters is 3. The fourth-order valence-electron chi connectivity index (χ4n) is 10.2. The van der Waals surface area contributed by atoms with Gasteiger partial charge in [-0.3, -0.25) is 29.0 Å². The van der Waals surface area contributed by atoms with Crippen molar-refractivity contribution in [3.63, 3.8) is 0 Å². The van der Waals surface area contributed by atoms with Gasteiger partial charge in [-0.1, -0.05) is 75.2 Å². The third-order valence-corrected chi connectivity index (χ3v) is 15.6. The van der Waals surface area contributed by atoms with Crippen LogP contribution in [0.25, 0.3) is 0 Å². The number of anilines is 1. The lowest BCUT2D eigenvalue weighted by atomic mass is 9.77. The van der Waals surface area contributed by atoms with E-state index in [1.807, 2.05) is 90.3 Å². The minimum Gasteiger partial charge on any atom is -0.493 e. The lowest BCUT2D eigenvalue weighted by molar-refractivity contribution is -0.215. The Morgan fingerprint density at radius 1 is 0.844 bits per heavy atom. The van der Waals surface area contributed by atoms with E-state index in [4.69, 9.17) is 38.3 Å². The molecule has 17 nitrogen and oxygen atoms in total. The zero-order valence-electron chi connectivity index (χ0n) is 50.0. The number of aliphatic hydroxyl groups is 2. The molecule has 18 heteroatoms. The van der Waals surface area contributed by atoms with Crippen LogP contribution in [0.15, 0.2) is 36.7 Å². The number of rotatable bonds is 12. The molecule has 1 amide bonds. The molecule has 0 spiro atoms. The van der Waals surface area contributed by atoms with Crippen LogP contribution in [-0.2, 0) is 49.3 Å². The molecule has 1 aromatic heterocycles. The molecule has 0 bridgehead atoms. The number of carbonyl (C=O) groups excluding carboxylic acids is 5. The summed E-state index contributed by atoms with van der Waals surface area (Å²) in [5.41, 5.74) is 1.55. The van der Waals surface area contributed by atoms with Gasteiger partial charge >= 0.3 is 17.9 Å². The highest BCUT2D eigenvalue weighted by Crippen LogP contribution is 2.43. The third kappa shape index (κ3) is 22.4. The molecule has 440 valence electrons. The van der Waals surface area contributed by atoms with Gasteiger partial charge in [0.05, 0.1) is 38.3 Å². The van der Waals surface area contributed by atoms with Crippen molar-refractivity contribution in [2.45, 2.75) is 201 Å². The van der Waals surface area contributed by atoms with Crippen LogP contribution in [0.4, 0.5) is 5.69 Å². The number of aromatic nitrogens is 1. The normalized spacial score (nSPS) is 29.3. The second-order valence-corrected chi connectivity index (χ2v) is 21.6. The summed E-state index contributed by atoms with van der Waals surface area (Å²) in [6.45, 7) is 23.7. The molecule has 0 aliphatic carbocycles. The SMILES string of the molecule is CC.CC.CC1CC(N(C)C)CC(=O)O1.CC[C@H]1OC(=O)C(C)CCCC(C)CC(C)C(=O)C(C)C2C(SCCCc3c(C(=O)Nc4ccncc4)ccc(OC)c3OC)C(=O)OC21.CO.COC1(C)CC(C)OC(O)C1. The summed E-state index contributed by atoms with van der Waals surface area (Å²) in [6.07, 6.45) is 9.15. The summed E-state index contributed by atoms with van der Waals surface area (Å²) < 4.78 is 38.7. The molecule has 4 fully saturated rings. The number of ketones is 1. The van der Waals surface area contributed by atoms with E-state index < -0.39 is 35.6 Å². The van der Waals surface area contributed by atoms with Gasteiger partial charge in [0.2, 0.25) is 0 Å². The van der Waals surface area contributed by atoms with Crippen LogP contribution < -0.4 is 14.8 Å². The molecule has 2 aromatic rings. The number of methoxy groups -OCH3 is 3. The van der Waals surface area contributed by atoms with E-state index >= 15 is 0 Å². The van der Waals surface area contributed by atoms with Gasteiger partial charge in [0.15, 0.2) is 17.8 Å². The van der Waals surface area contributed by atoms with Crippen molar-refractivity contribution in [1.29, 1.82) is 0 Å². The molecule has 77 heavy (non-hydrogen) atoms. The quantitative estimate of drug-likeness (QED) is 0.102. The summed E-state index contributed by atoms with van der Waals surface area (Å²) in [7, 11) is 9.76. The van der Waals surface area contributed by atoms with Crippen molar-refractivity contribution in [3.05, 3.63) is 47.8 Å². The number of nitrogens with one attached hydrogen (secondary N) is 1. The Morgan fingerprint density at radius 3 is 2.05 bits per heavy atom. The van der Waals surface area contributed by atoms with Crippen molar-refractivity contribution in [3.8, 4) is 11.5 Å². The molecular weight excluding hydrogens is 1010 g/mol. The maximum atomic E-state index is 13.9. The lowest BCUT2D eigenvalue weighted by Gasteiger charge is -2.38. The zero-order chi connectivity index (χ0) is 58.6. The molecule has 4 aliphatic rings. The average Bonchev–Trinajstić information content (AvgIpc) is 3.74. The smallest absolute Gasteiger partial charge is 0.319 e. The van der Waals surface area contributed by atoms with Gasteiger partial charge in [-0.25, -0.2) is 0 Å². The molecule has 1 aromatic carbocycles. The predicted octanol–water partition coefficient (Wildman–Crippen LogP) is 10.1. The topological polar surface area (TPSA) is 219 Å². The molecule has 4 aliphatic heterocycles. The molecular formula is C59H99N3O14S. The number of nitrogens with zero attached hydrogens (tertiary/aromatic N) is 2. The number of cyclic esters (lactones) is 2. The van der Waals surface area contributed by atoms with Crippen molar-refractivity contribution < 1.29 is 67.3 Å². The maximum Gasteiger partial charge on any atom is 0.319 e. The summed E-state index contributed by atoms with van der Waals surface area (Å²) in [6, 6.07) is 7.22. The van der Waals surface area contributed by atoms with Gasteiger partial charge in [0.25, 0.3) is 5.91 Å². The van der Waals surface area contributed by atoms with Gasteiger partial charge in [-0.15, -0.1) is 11.8 Å². The molecule has 4 saturated heterocycles. The number of amides is 1. The molecule has 0 saturated carbocycles. The Kier molecular flexibility index (Phi) is 33.7. The Bertz CT molecular complexity index is 2030. The van der Waals surface area contributed by atoms with Gasteiger partial charge in [-0.05, 0) is 103 Å². The third-order valence-electron chi connectivity index (χ3n) is 14.2. The molecule has 12 unspecified atom stereocenters. The first-order valence-electron chi connectivity index (χ1n) is 27.9. The minimum absolute atomic E-state index is 0.0672. The van der Waals surface area contributed by atoms with Crippen LogP contribution in [0.1, 0.15) is 163 Å². The van der Waals surface area contributed by atoms with Crippen molar-refractivity contribution in [2.24, 2.45) is 29.6 Å². The molecule has 3 N–H and O–H groups in total. The lowest BCUT2D eigenvalue weighted by Crippen LogP contribution is -2.43. The number of Topliss-reactive ketones (excluding diaryl/α,β-unsaturated/α-hetero) is 1.